The fourth-order valence-electron chi connectivity index (χ4n) is 3.11. The Kier molecular flexibility index (Phi) is 6.93. The van der Waals surface area contributed by atoms with Gasteiger partial charge in [0.25, 0.3) is 5.91 Å². The van der Waals surface area contributed by atoms with Crippen molar-refractivity contribution in [1.82, 2.24) is 4.57 Å². The molecular formula is C24H26N2O5S. The van der Waals surface area contributed by atoms with Crippen molar-refractivity contribution in [2.45, 2.75) is 39.7 Å². The van der Waals surface area contributed by atoms with E-state index < -0.39 is 17.8 Å². The number of methoxy groups -OCH3 is 1. The molecule has 0 fully saturated rings. The number of carbonyl (C=O) groups is 3. The SMILES string of the molecule is CCOC(=O)c1ccc2c(c1)sc(=NC(=O)c1ccc(C(C)(C)C)cc1)n2CC(=O)OC. The Hall–Kier alpha value is -3.26. The molecule has 1 aromatic heterocycles. The third kappa shape index (κ3) is 5.13. The van der Waals surface area contributed by atoms with Gasteiger partial charge in [0.2, 0.25) is 0 Å². The van der Waals surface area contributed by atoms with Crippen molar-refractivity contribution in [2.24, 2.45) is 4.99 Å². The first-order valence-corrected chi connectivity index (χ1v) is 11.0. The lowest BCUT2D eigenvalue weighted by Gasteiger charge is -2.18. The van der Waals surface area contributed by atoms with Gasteiger partial charge in [0, 0.05) is 5.56 Å². The molecule has 1 heterocycles. The number of fused-ring (bicyclic) bond motifs is 1. The zero-order valence-corrected chi connectivity index (χ0v) is 19.6. The van der Waals surface area contributed by atoms with Crippen LogP contribution >= 0.6 is 11.3 Å². The average molecular weight is 455 g/mol. The number of amides is 1. The van der Waals surface area contributed by atoms with Gasteiger partial charge in [-0.25, -0.2) is 4.79 Å². The number of hydrogen-bond donors (Lipinski definition) is 0. The Morgan fingerprint density at radius 3 is 2.28 bits per heavy atom. The number of esters is 2. The van der Waals surface area contributed by atoms with Crippen molar-refractivity contribution >= 4 is 39.4 Å². The summed E-state index contributed by atoms with van der Waals surface area (Å²) in [5.74, 6) is -1.32. The Morgan fingerprint density at radius 2 is 1.69 bits per heavy atom. The summed E-state index contributed by atoms with van der Waals surface area (Å²) >= 11 is 1.22. The van der Waals surface area contributed by atoms with E-state index in [1.807, 2.05) is 12.1 Å². The fourth-order valence-corrected chi connectivity index (χ4v) is 4.18. The summed E-state index contributed by atoms with van der Waals surface area (Å²) in [5, 5.41) is 0. The third-order valence-electron chi connectivity index (χ3n) is 4.90. The molecule has 0 spiro atoms. The summed E-state index contributed by atoms with van der Waals surface area (Å²) in [6.07, 6.45) is 0. The van der Waals surface area contributed by atoms with E-state index in [1.165, 1.54) is 18.4 Å². The van der Waals surface area contributed by atoms with Crippen molar-refractivity contribution in [3.8, 4) is 0 Å². The highest BCUT2D eigenvalue weighted by atomic mass is 32.1. The van der Waals surface area contributed by atoms with E-state index in [9.17, 15) is 14.4 Å². The van der Waals surface area contributed by atoms with Crippen LogP contribution in [0.4, 0.5) is 0 Å². The molecule has 0 saturated carbocycles. The summed E-state index contributed by atoms with van der Waals surface area (Å²) in [4.78, 5) is 41.5. The van der Waals surface area contributed by atoms with Gasteiger partial charge in [0.15, 0.2) is 4.80 Å². The number of ether oxygens (including phenoxy) is 2. The van der Waals surface area contributed by atoms with Crippen LogP contribution in [0.25, 0.3) is 10.2 Å². The number of aromatic nitrogens is 1. The molecule has 0 saturated heterocycles. The van der Waals surface area contributed by atoms with Gasteiger partial charge < -0.3 is 14.0 Å². The van der Waals surface area contributed by atoms with Crippen molar-refractivity contribution in [1.29, 1.82) is 0 Å². The summed E-state index contributed by atoms with van der Waals surface area (Å²) in [6.45, 7) is 8.21. The Morgan fingerprint density at radius 1 is 1.03 bits per heavy atom. The van der Waals surface area contributed by atoms with Crippen LogP contribution in [0.2, 0.25) is 0 Å². The molecule has 8 heteroatoms. The molecule has 0 aliphatic carbocycles. The maximum Gasteiger partial charge on any atom is 0.338 e. The minimum absolute atomic E-state index is 0.0234. The van der Waals surface area contributed by atoms with Gasteiger partial charge in [-0.3, -0.25) is 9.59 Å². The molecule has 0 atom stereocenters. The number of hydrogen-bond acceptors (Lipinski definition) is 6. The van der Waals surface area contributed by atoms with E-state index >= 15 is 0 Å². The Labute approximate surface area is 190 Å². The van der Waals surface area contributed by atoms with Crippen molar-refractivity contribution in [3.05, 3.63) is 64.0 Å². The lowest BCUT2D eigenvalue weighted by atomic mass is 9.87. The van der Waals surface area contributed by atoms with Crippen molar-refractivity contribution in [2.75, 3.05) is 13.7 Å². The molecule has 168 valence electrons. The van der Waals surface area contributed by atoms with Crippen molar-refractivity contribution < 1.29 is 23.9 Å². The summed E-state index contributed by atoms with van der Waals surface area (Å²) < 4.78 is 12.2. The van der Waals surface area contributed by atoms with Gasteiger partial charge in [-0.05, 0) is 48.2 Å². The quantitative estimate of drug-likeness (QED) is 0.542. The monoisotopic (exact) mass is 454 g/mol. The third-order valence-corrected chi connectivity index (χ3v) is 5.94. The predicted molar refractivity (Wildman–Crippen MR) is 123 cm³/mol. The zero-order valence-electron chi connectivity index (χ0n) is 18.8. The maximum absolute atomic E-state index is 12.9. The first-order valence-electron chi connectivity index (χ1n) is 10.2. The van der Waals surface area contributed by atoms with E-state index in [0.29, 0.717) is 26.1 Å². The minimum Gasteiger partial charge on any atom is -0.468 e. The van der Waals surface area contributed by atoms with Gasteiger partial charge in [0.1, 0.15) is 6.54 Å². The van der Waals surface area contributed by atoms with Crippen LogP contribution in [0, 0.1) is 0 Å². The molecule has 7 nitrogen and oxygen atoms in total. The molecule has 0 N–H and O–H groups in total. The van der Waals surface area contributed by atoms with Crippen LogP contribution in [-0.2, 0) is 26.2 Å². The van der Waals surface area contributed by atoms with Crippen LogP contribution < -0.4 is 4.80 Å². The molecule has 0 unspecified atom stereocenters. The van der Waals surface area contributed by atoms with E-state index in [1.54, 1.807) is 41.8 Å². The summed E-state index contributed by atoms with van der Waals surface area (Å²) in [7, 11) is 1.30. The molecule has 0 bridgehead atoms. The smallest absolute Gasteiger partial charge is 0.338 e. The van der Waals surface area contributed by atoms with E-state index in [0.717, 1.165) is 5.56 Å². The first-order chi connectivity index (χ1) is 15.1. The molecule has 32 heavy (non-hydrogen) atoms. The summed E-state index contributed by atoms with van der Waals surface area (Å²) in [6, 6.07) is 12.4. The summed E-state index contributed by atoms with van der Waals surface area (Å²) in [5.41, 5.74) is 2.60. The van der Waals surface area contributed by atoms with Gasteiger partial charge >= 0.3 is 11.9 Å². The first kappa shape index (κ1) is 23.4. The van der Waals surface area contributed by atoms with E-state index in [2.05, 4.69) is 25.8 Å². The topological polar surface area (TPSA) is 87.0 Å². The fraction of sp³-hybridized carbons (Fsp3) is 0.333. The van der Waals surface area contributed by atoms with Gasteiger partial charge in [-0.1, -0.05) is 44.2 Å². The van der Waals surface area contributed by atoms with Crippen LogP contribution in [0.15, 0.2) is 47.5 Å². The van der Waals surface area contributed by atoms with Crippen LogP contribution in [0.3, 0.4) is 0 Å². The molecule has 3 rings (SSSR count). The highest BCUT2D eigenvalue weighted by molar-refractivity contribution is 7.16. The Balaban J connectivity index is 2.07. The molecule has 0 aliphatic heterocycles. The average Bonchev–Trinajstić information content (AvgIpc) is 3.09. The van der Waals surface area contributed by atoms with Gasteiger partial charge in [-0.2, -0.15) is 4.99 Å². The predicted octanol–water partition coefficient (Wildman–Crippen LogP) is 4.09. The lowest BCUT2D eigenvalue weighted by Crippen LogP contribution is -2.22. The van der Waals surface area contributed by atoms with E-state index in [4.69, 9.17) is 9.47 Å². The minimum atomic E-state index is -0.470. The number of thiazole rings is 1. The molecule has 0 aliphatic rings. The molecule has 2 aromatic carbocycles. The second-order valence-corrected chi connectivity index (χ2v) is 9.20. The Bertz CT molecular complexity index is 1230. The largest absolute Gasteiger partial charge is 0.468 e. The maximum atomic E-state index is 12.9. The lowest BCUT2D eigenvalue weighted by molar-refractivity contribution is -0.141. The molecule has 3 aromatic rings. The molecule has 1 amide bonds. The van der Waals surface area contributed by atoms with Gasteiger partial charge in [-0.15, -0.1) is 0 Å². The second-order valence-electron chi connectivity index (χ2n) is 8.19. The van der Waals surface area contributed by atoms with Crippen molar-refractivity contribution in [3.63, 3.8) is 0 Å². The molecule has 0 radical (unpaired) electrons. The highest BCUT2D eigenvalue weighted by Gasteiger charge is 2.16. The normalized spacial score (nSPS) is 12.1. The number of rotatable bonds is 5. The van der Waals surface area contributed by atoms with Gasteiger partial charge in [0.05, 0.1) is 29.5 Å². The van der Waals surface area contributed by atoms with E-state index in [-0.39, 0.29) is 18.6 Å². The second kappa shape index (κ2) is 9.48. The number of carbonyl (C=O) groups excluding carboxylic acids is 3. The van der Waals surface area contributed by atoms with Crippen LogP contribution in [0.5, 0.6) is 0 Å². The molecular weight excluding hydrogens is 428 g/mol. The van der Waals surface area contributed by atoms with Crippen LogP contribution in [-0.4, -0.2) is 36.1 Å². The number of nitrogens with zero attached hydrogens (tertiary/aromatic N) is 2. The number of benzene rings is 2. The highest BCUT2D eigenvalue weighted by Crippen LogP contribution is 2.23. The zero-order chi connectivity index (χ0) is 23.5. The standard InChI is InChI=1S/C24H26N2O5S/c1-6-31-22(29)16-9-12-18-19(13-16)32-23(26(18)14-20(27)30-5)25-21(28)15-7-10-17(11-8-15)24(2,3)4/h7-13H,6,14H2,1-5H3. The van der Waals surface area contributed by atoms with Crippen LogP contribution in [0.1, 0.15) is 54.0 Å².